The molecule has 5 heteroatoms. The number of nitrogens with one attached hydrogen (secondary N) is 1. The summed E-state index contributed by atoms with van der Waals surface area (Å²) in [5, 5.41) is 0. The van der Waals surface area contributed by atoms with Crippen molar-refractivity contribution in [1.82, 2.24) is 15.0 Å². The van der Waals surface area contributed by atoms with E-state index >= 15 is 0 Å². The number of methoxy groups -OCH3 is 1. The van der Waals surface area contributed by atoms with E-state index in [0.717, 1.165) is 16.6 Å². The summed E-state index contributed by atoms with van der Waals surface area (Å²) in [4.78, 5) is 11.8. The summed E-state index contributed by atoms with van der Waals surface area (Å²) in [7, 11) is 1.44. The number of fused-ring (bicyclic) bond motifs is 1. The maximum atomic E-state index is 13.4. The Hall–Kier alpha value is -2.43. The van der Waals surface area contributed by atoms with E-state index in [1.807, 2.05) is 13.0 Å². The first-order chi connectivity index (χ1) is 9.19. The summed E-state index contributed by atoms with van der Waals surface area (Å²) in [5.74, 6) is 0.453. The van der Waals surface area contributed by atoms with Gasteiger partial charge in [-0.05, 0) is 36.8 Å². The van der Waals surface area contributed by atoms with Gasteiger partial charge in [0.05, 0.1) is 12.6 Å². The summed E-state index contributed by atoms with van der Waals surface area (Å²) in [6.07, 6.45) is 1.72. The van der Waals surface area contributed by atoms with Crippen LogP contribution in [0.25, 0.3) is 22.6 Å². The standard InChI is InChI=1S/C14H12FN3O/c1-8-5-6-16-14-12(8)17-13(18-14)9-3-4-10(15)11(7-9)19-2/h3-7H,1-2H3,(H,16,17,18). The Morgan fingerprint density at radius 1 is 1.26 bits per heavy atom. The summed E-state index contributed by atoms with van der Waals surface area (Å²) < 4.78 is 18.4. The Bertz CT molecular complexity index is 752. The van der Waals surface area contributed by atoms with Crippen molar-refractivity contribution in [2.75, 3.05) is 7.11 Å². The van der Waals surface area contributed by atoms with Crippen LogP contribution in [-0.4, -0.2) is 22.1 Å². The normalized spacial score (nSPS) is 10.9. The summed E-state index contributed by atoms with van der Waals surface area (Å²) in [6, 6.07) is 6.55. The molecule has 4 nitrogen and oxygen atoms in total. The molecular weight excluding hydrogens is 245 g/mol. The molecule has 0 amide bonds. The van der Waals surface area contributed by atoms with Crippen LogP contribution in [0.5, 0.6) is 5.75 Å². The molecule has 0 atom stereocenters. The van der Waals surface area contributed by atoms with Crippen molar-refractivity contribution in [1.29, 1.82) is 0 Å². The highest BCUT2D eigenvalue weighted by atomic mass is 19.1. The Morgan fingerprint density at radius 3 is 2.84 bits per heavy atom. The van der Waals surface area contributed by atoms with E-state index in [-0.39, 0.29) is 5.75 Å². The number of pyridine rings is 1. The fourth-order valence-corrected chi connectivity index (χ4v) is 1.98. The van der Waals surface area contributed by atoms with E-state index in [4.69, 9.17) is 4.74 Å². The van der Waals surface area contributed by atoms with E-state index in [0.29, 0.717) is 11.5 Å². The zero-order valence-corrected chi connectivity index (χ0v) is 10.6. The van der Waals surface area contributed by atoms with Gasteiger partial charge >= 0.3 is 0 Å². The van der Waals surface area contributed by atoms with E-state index in [2.05, 4.69) is 15.0 Å². The van der Waals surface area contributed by atoms with Gasteiger partial charge in [0.2, 0.25) is 0 Å². The number of halogens is 1. The SMILES string of the molecule is COc1cc(-c2nc3nccc(C)c3[nH]2)ccc1F. The molecule has 0 saturated heterocycles. The highest BCUT2D eigenvalue weighted by Gasteiger charge is 2.10. The van der Waals surface area contributed by atoms with Crippen molar-refractivity contribution in [3.8, 4) is 17.1 Å². The number of aromatic nitrogens is 3. The second-order valence-electron chi connectivity index (χ2n) is 4.26. The quantitative estimate of drug-likeness (QED) is 0.767. The molecular formula is C14H12FN3O. The number of benzene rings is 1. The Labute approximate surface area is 109 Å². The first kappa shape index (κ1) is 11.6. The number of nitrogens with zero attached hydrogens (tertiary/aromatic N) is 2. The van der Waals surface area contributed by atoms with Gasteiger partial charge in [0.25, 0.3) is 0 Å². The molecule has 2 aromatic heterocycles. The van der Waals surface area contributed by atoms with Crippen LogP contribution in [0.15, 0.2) is 30.5 Å². The first-order valence-electron chi connectivity index (χ1n) is 5.84. The van der Waals surface area contributed by atoms with Crippen LogP contribution >= 0.6 is 0 Å². The lowest BCUT2D eigenvalue weighted by Crippen LogP contribution is -1.89. The smallest absolute Gasteiger partial charge is 0.178 e. The lowest BCUT2D eigenvalue weighted by molar-refractivity contribution is 0.387. The highest BCUT2D eigenvalue weighted by molar-refractivity contribution is 5.78. The second-order valence-corrected chi connectivity index (χ2v) is 4.26. The molecule has 0 aliphatic rings. The van der Waals surface area contributed by atoms with Crippen LogP contribution < -0.4 is 4.74 Å². The van der Waals surface area contributed by atoms with Gasteiger partial charge in [-0.15, -0.1) is 0 Å². The van der Waals surface area contributed by atoms with Crippen LogP contribution in [0.1, 0.15) is 5.56 Å². The maximum absolute atomic E-state index is 13.4. The minimum Gasteiger partial charge on any atom is -0.494 e. The van der Waals surface area contributed by atoms with E-state index in [9.17, 15) is 4.39 Å². The molecule has 1 aromatic carbocycles. The Balaban J connectivity index is 2.16. The largest absolute Gasteiger partial charge is 0.494 e. The molecule has 1 N–H and O–H groups in total. The predicted molar refractivity (Wildman–Crippen MR) is 70.6 cm³/mol. The van der Waals surface area contributed by atoms with Crippen molar-refractivity contribution in [3.05, 3.63) is 41.8 Å². The van der Waals surface area contributed by atoms with Crippen molar-refractivity contribution < 1.29 is 9.13 Å². The minimum atomic E-state index is -0.392. The van der Waals surface area contributed by atoms with Crippen LogP contribution in [0.3, 0.4) is 0 Å². The van der Waals surface area contributed by atoms with Crippen LogP contribution in [-0.2, 0) is 0 Å². The topological polar surface area (TPSA) is 50.8 Å². The number of rotatable bonds is 2. The van der Waals surface area contributed by atoms with Gasteiger partial charge in [-0.3, -0.25) is 0 Å². The van der Waals surface area contributed by atoms with Gasteiger partial charge in [-0.2, -0.15) is 0 Å². The average molecular weight is 257 g/mol. The molecule has 0 spiro atoms. The molecule has 3 rings (SSSR count). The fraction of sp³-hybridized carbons (Fsp3) is 0.143. The predicted octanol–water partition coefficient (Wildman–Crippen LogP) is 3.08. The molecule has 0 saturated carbocycles. The number of aryl methyl sites for hydroxylation is 1. The molecule has 3 aromatic rings. The molecule has 96 valence electrons. The van der Waals surface area contributed by atoms with Crippen LogP contribution in [0.4, 0.5) is 4.39 Å². The van der Waals surface area contributed by atoms with Gasteiger partial charge in [0.15, 0.2) is 17.2 Å². The molecule has 0 fully saturated rings. The maximum Gasteiger partial charge on any atom is 0.178 e. The average Bonchev–Trinajstić information content (AvgIpc) is 2.85. The van der Waals surface area contributed by atoms with Gasteiger partial charge in [-0.1, -0.05) is 0 Å². The molecule has 0 bridgehead atoms. The number of aromatic amines is 1. The molecule has 0 aliphatic carbocycles. The number of ether oxygens (including phenoxy) is 1. The van der Waals surface area contributed by atoms with Gasteiger partial charge < -0.3 is 9.72 Å². The highest BCUT2D eigenvalue weighted by Crippen LogP contribution is 2.26. The van der Waals surface area contributed by atoms with E-state index < -0.39 is 5.82 Å². The van der Waals surface area contributed by atoms with Crippen molar-refractivity contribution in [2.45, 2.75) is 6.92 Å². The monoisotopic (exact) mass is 257 g/mol. The third-order valence-corrected chi connectivity index (χ3v) is 3.02. The van der Waals surface area contributed by atoms with Crippen molar-refractivity contribution in [2.24, 2.45) is 0 Å². The zero-order chi connectivity index (χ0) is 13.4. The van der Waals surface area contributed by atoms with Gasteiger partial charge in [0.1, 0.15) is 5.82 Å². The van der Waals surface area contributed by atoms with E-state index in [1.54, 1.807) is 18.3 Å². The number of hydrogen-bond donors (Lipinski definition) is 1. The lowest BCUT2D eigenvalue weighted by atomic mass is 10.2. The van der Waals surface area contributed by atoms with Crippen molar-refractivity contribution >= 4 is 11.2 Å². The third kappa shape index (κ3) is 1.93. The van der Waals surface area contributed by atoms with Gasteiger partial charge in [0, 0.05) is 11.8 Å². The van der Waals surface area contributed by atoms with Crippen molar-refractivity contribution in [3.63, 3.8) is 0 Å². The third-order valence-electron chi connectivity index (χ3n) is 3.02. The zero-order valence-electron chi connectivity index (χ0n) is 10.6. The second kappa shape index (κ2) is 4.35. The summed E-state index contributed by atoms with van der Waals surface area (Å²) in [5.41, 5.74) is 3.37. The Kier molecular flexibility index (Phi) is 2.67. The minimum absolute atomic E-state index is 0.197. The number of hydrogen-bond acceptors (Lipinski definition) is 3. The molecule has 0 radical (unpaired) electrons. The lowest BCUT2D eigenvalue weighted by Gasteiger charge is -2.03. The molecule has 2 heterocycles. The van der Waals surface area contributed by atoms with Crippen LogP contribution in [0, 0.1) is 12.7 Å². The molecule has 19 heavy (non-hydrogen) atoms. The summed E-state index contributed by atoms with van der Waals surface area (Å²) >= 11 is 0. The van der Waals surface area contributed by atoms with Gasteiger partial charge in [-0.25, -0.2) is 14.4 Å². The van der Waals surface area contributed by atoms with Crippen LogP contribution in [0.2, 0.25) is 0 Å². The Morgan fingerprint density at radius 2 is 2.11 bits per heavy atom. The first-order valence-corrected chi connectivity index (χ1v) is 5.84. The number of H-pyrrole nitrogens is 1. The number of imidazole rings is 1. The summed E-state index contributed by atoms with van der Waals surface area (Å²) in [6.45, 7) is 1.98. The van der Waals surface area contributed by atoms with E-state index in [1.165, 1.54) is 13.2 Å². The molecule has 0 unspecified atom stereocenters. The fourth-order valence-electron chi connectivity index (χ4n) is 1.98. The molecule has 0 aliphatic heterocycles.